The summed E-state index contributed by atoms with van der Waals surface area (Å²) in [5.41, 5.74) is 0.0841. The molecule has 1 heterocycles. The van der Waals surface area contributed by atoms with E-state index in [1.807, 2.05) is 12.4 Å². The second kappa shape index (κ2) is 4.85. The van der Waals surface area contributed by atoms with Crippen molar-refractivity contribution < 1.29 is 0 Å². The van der Waals surface area contributed by atoms with Crippen molar-refractivity contribution in [1.29, 1.82) is 0 Å². The summed E-state index contributed by atoms with van der Waals surface area (Å²) >= 11 is 0. The molecule has 0 saturated heterocycles. The second-order valence-corrected chi connectivity index (χ2v) is 3.41. The molecule has 0 amide bonds. The topological polar surface area (TPSA) is 22.0 Å². The van der Waals surface area contributed by atoms with Crippen LogP contribution in [0.5, 0.6) is 0 Å². The summed E-state index contributed by atoms with van der Waals surface area (Å²) in [6, 6.07) is 3.23. The molecule has 0 atom stereocenters. The van der Waals surface area contributed by atoms with Crippen LogP contribution in [-0.4, -0.2) is 4.57 Å². The number of hydrogen-bond donors (Lipinski definition) is 0. The van der Waals surface area contributed by atoms with Gasteiger partial charge in [-0.05, 0) is 5.92 Å². The van der Waals surface area contributed by atoms with Crippen LogP contribution in [0.1, 0.15) is 26.7 Å². The lowest BCUT2D eigenvalue weighted by Gasteiger charge is -2.14. The number of rotatable bonds is 4. The van der Waals surface area contributed by atoms with Crippen molar-refractivity contribution in [3.05, 3.63) is 34.7 Å². The van der Waals surface area contributed by atoms with Crippen molar-refractivity contribution in [3.63, 3.8) is 0 Å². The van der Waals surface area contributed by atoms with Gasteiger partial charge in [-0.3, -0.25) is 4.79 Å². The van der Waals surface area contributed by atoms with E-state index in [-0.39, 0.29) is 5.43 Å². The van der Waals surface area contributed by atoms with Crippen LogP contribution in [0.25, 0.3) is 0 Å². The highest BCUT2D eigenvalue weighted by Crippen LogP contribution is 2.09. The van der Waals surface area contributed by atoms with Crippen LogP contribution in [0.2, 0.25) is 0 Å². The van der Waals surface area contributed by atoms with Crippen LogP contribution in [0.4, 0.5) is 0 Å². The Morgan fingerprint density at radius 3 is 2.23 bits per heavy atom. The zero-order valence-corrected chi connectivity index (χ0v) is 8.36. The average Bonchev–Trinajstić information content (AvgIpc) is 2.17. The molecule has 1 rings (SSSR count). The molecule has 2 heteroatoms. The van der Waals surface area contributed by atoms with Crippen molar-refractivity contribution in [1.82, 2.24) is 4.57 Å². The van der Waals surface area contributed by atoms with E-state index < -0.39 is 0 Å². The fourth-order valence-electron chi connectivity index (χ4n) is 1.41. The molecule has 0 aliphatic heterocycles. The molecule has 0 bridgehead atoms. The van der Waals surface area contributed by atoms with Gasteiger partial charge in [-0.25, -0.2) is 0 Å². The Bertz CT molecular complexity index is 279. The van der Waals surface area contributed by atoms with Gasteiger partial charge in [-0.15, -0.1) is 0 Å². The van der Waals surface area contributed by atoms with Gasteiger partial charge >= 0.3 is 0 Å². The van der Waals surface area contributed by atoms with Gasteiger partial charge in [-0.1, -0.05) is 26.7 Å². The van der Waals surface area contributed by atoms with Crippen molar-refractivity contribution in [3.8, 4) is 0 Å². The maximum absolute atomic E-state index is 10.8. The van der Waals surface area contributed by atoms with Crippen LogP contribution in [-0.2, 0) is 6.54 Å². The predicted octanol–water partition coefficient (Wildman–Crippen LogP) is 2.28. The predicted molar refractivity (Wildman–Crippen MR) is 54.8 cm³/mol. The van der Waals surface area contributed by atoms with E-state index in [1.165, 1.54) is 12.8 Å². The summed E-state index contributed by atoms with van der Waals surface area (Å²) in [7, 11) is 0. The fraction of sp³-hybridized carbons (Fsp3) is 0.545. The molecule has 13 heavy (non-hydrogen) atoms. The molecule has 0 spiro atoms. The van der Waals surface area contributed by atoms with E-state index in [4.69, 9.17) is 0 Å². The Labute approximate surface area is 79.2 Å². The molecular formula is C11H17NO. The molecule has 1 aromatic rings. The highest BCUT2D eigenvalue weighted by molar-refractivity contribution is 4.93. The van der Waals surface area contributed by atoms with Gasteiger partial charge in [0.25, 0.3) is 0 Å². The van der Waals surface area contributed by atoms with Gasteiger partial charge < -0.3 is 4.57 Å². The summed E-state index contributed by atoms with van der Waals surface area (Å²) < 4.78 is 2.08. The first-order valence-electron chi connectivity index (χ1n) is 4.92. The van der Waals surface area contributed by atoms with Crippen LogP contribution >= 0.6 is 0 Å². The minimum atomic E-state index is 0.0841. The van der Waals surface area contributed by atoms with Crippen LogP contribution < -0.4 is 5.43 Å². The highest BCUT2D eigenvalue weighted by Gasteiger charge is 2.02. The van der Waals surface area contributed by atoms with Crippen molar-refractivity contribution in [2.24, 2.45) is 5.92 Å². The molecular weight excluding hydrogens is 162 g/mol. The quantitative estimate of drug-likeness (QED) is 0.695. The SMILES string of the molecule is CCC(CC)Cn1ccc(=O)cc1. The third-order valence-corrected chi connectivity index (χ3v) is 2.48. The number of pyridine rings is 1. The zero-order valence-electron chi connectivity index (χ0n) is 8.36. The largest absolute Gasteiger partial charge is 0.354 e. The molecule has 0 aliphatic carbocycles. The van der Waals surface area contributed by atoms with Crippen LogP contribution in [0, 0.1) is 5.92 Å². The van der Waals surface area contributed by atoms with Crippen molar-refractivity contribution in [2.75, 3.05) is 0 Å². The second-order valence-electron chi connectivity index (χ2n) is 3.41. The molecule has 0 unspecified atom stereocenters. The summed E-state index contributed by atoms with van der Waals surface area (Å²) in [6.07, 6.45) is 6.12. The van der Waals surface area contributed by atoms with Crippen molar-refractivity contribution in [2.45, 2.75) is 33.2 Å². The van der Waals surface area contributed by atoms with Crippen molar-refractivity contribution >= 4 is 0 Å². The van der Waals surface area contributed by atoms with Gasteiger partial charge in [0.1, 0.15) is 0 Å². The van der Waals surface area contributed by atoms with E-state index in [0.29, 0.717) is 0 Å². The summed E-state index contributed by atoms with van der Waals surface area (Å²) in [5, 5.41) is 0. The molecule has 0 N–H and O–H groups in total. The standard InChI is InChI=1S/C11H17NO/c1-3-10(4-2)9-12-7-5-11(13)6-8-12/h5-8,10H,3-4,9H2,1-2H3. The molecule has 0 fully saturated rings. The lowest BCUT2D eigenvalue weighted by molar-refractivity contribution is 0.417. The van der Waals surface area contributed by atoms with Crippen LogP contribution in [0.15, 0.2) is 29.3 Å². The minimum absolute atomic E-state index is 0.0841. The Hall–Kier alpha value is -1.05. The third kappa shape index (κ3) is 3.05. The first kappa shape index (κ1) is 10.0. The first-order valence-corrected chi connectivity index (χ1v) is 4.92. The highest BCUT2D eigenvalue weighted by atomic mass is 16.1. The smallest absolute Gasteiger partial charge is 0.181 e. The van der Waals surface area contributed by atoms with E-state index in [2.05, 4.69) is 18.4 Å². The van der Waals surface area contributed by atoms with Gasteiger partial charge in [-0.2, -0.15) is 0 Å². The Morgan fingerprint density at radius 2 is 1.77 bits per heavy atom. The molecule has 72 valence electrons. The maximum Gasteiger partial charge on any atom is 0.181 e. The normalized spacial score (nSPS) is 10.7. The third-order valence-electron chi connectivity index (χ3n) is 2.48. The van der Waals surface area contributed by atoms with Gasteiger partial charge in [0.05, 0.1) is 0 Å². The first-order chi connectivity index (χ1) is 6.26. The molecule has 0 saturated carbocycles. The lowest BCUT2D eigenvalue weighted by Crippen LogP contribution is -2.10. The molecule has 2 nitrogen and oxygen atoms in total. The number of nitrogens with zero attached hydrogens (tertiary/aromatic N) is 1. The molecule has 0 aromatic carbocycles. The minimum Gasteiger partial charge on any atom is -0.354 e. The average molecular weight is 179 g/mol. The van der Waals surface area contributed by atoms with E-state index >= 15 is 0 Å². The Balaban J connectivity index is 2.63. The summed E-state index contributed by atoms with van der Waals surface area (Å²) in [5.74, 6) is 0.725. The Kier molecular flexibility index (Phi) is 3.74. The molecule has 1 aromatic heterocycles. The lowest BCUT2D eigenvalue weighted by atomic mass is 10.0. The van der Waals surface area contributed by atoms with E-state index in [0.717, 1.165) is 12.5 Å². The van der Waals surface area contributed by atoms with Gasteiger partial charge in [0.2, 0.25) is 0 Å². The summed E-state index contributed by atoms with van der Waals surface area (Å²) in [6.45, 7) is 5.43. The molecule has 0 radical (unpaired) electrons. The maximum atomic E-state index is 10.8. The number of aromatic nitrogens is 1. The van der Waals surface area contributed by atoms with Gasteiger partial charge in [0.15, 0.2) is 5.43 Å². The fourth-order valence-corrected chi connectivity index (χ4v) is 1.41. The van der Waals surface area contributed by atoms with Crippen LogP contribution in [0.3, 0.4) is 0 Å². The monoisotopic (exact) mass is 179 g/mol. The van der Waals surface area contributed by atoms with Gasteiger partial charge in [0, 0.05) is 31.1 Å². The van der Waals surface area contributed by atoms with E-state index in [1.54, 1.807) is 12.1 Å². The summed E-state index contributed by atoms with van der Waals surface area (Å²) in [4.78, 5) is 10.8. The zero-order chi connectivity index (χ0) is 9.68. The van der Waals surface area contributed by atoms with E-state index in [9.17, 15) is 4.79 Å². The molecule has 0 aliphatic rings. The number of hydrogen-bond acceptors (Lipinski definition) is 1. The Morgan fingerprint density at radius 1 is 1.23 bits per heavy atom.